The molecule has 1 rings (SSSR count). The zero-order valence-corrected chi connectivity index (χ0v) is 11.6. The van der Waals surface area contributed by atoms with Crippen molar-refractivity contribution >= 4 is 28.1 Å². The molecule has 0 fully saturated rings. The normalized spacial score (nSPS) is 12.3. The van der Waals surface area contributed by atoms with E-state index in [0.29, 0.717) is 29.4 Å². The molecule has 18 heavy (non-hydrogen) atoms. The second-order valence-electron chi connectivity index (χ2n) is 3.84. The molecule has 0 amide bonds. The van der Waals surface area contributed by atoms with E-state index >= 15 is 0 Å². The third-order valence-electron chi connectivity index (χ3n) is 2.34. The van der Waals surface area contributed by atoms with Crippen LogP contribution in [0.5, 0.6) is 0 Å². The minimum absolute atomic E-state index is 0.0223. The van der Waals surface area contributed by atoms with Gasteiger partial charge in [-0.3, -0.25) is 14.3 Å². The van der Waals surface area contributed by atoms with E-state index in [2.05, 4.69) is 5.32 Å². The van der Waals surface area contributed by atoms with Gasteiger partial charge < -0.3 is 5.32 Å². The molecule has 0 aliphatic heterocycles. The van der Waals surface area contributed by atoms with Crippen LogP contribution >= 0.6 is 11.6 Å². The maximum absolute atomic E-state index is 10.8. The first-order chi connectivity index (χ1) is 8.50. The average molecular weight is 291 g/mol. The molecule has 0 heterocycles. The monoisotopic (exact) mass is 290 g/mol. The number of nitro groups is 1. The third kappa shape index (κ3) is 5.12. The molecule has 1 N–H and O–H groups in total. The van der Waals surface area contributed by atoms with Crippen LogP contribution in [-0.2, 0) is 17.3 Å². The lowest BCUT2D eigenvalue weighted by atomic mass is 10.2. The van der Waals surface area contributed by atoms with Crippen LogP contribution in [-0.4, -0.2) is 27.7 Å². The molecule has 1 aromatic rings. The Morgan fingerprint density at radius 2 is 2.22 bits per heavy atom. The van der Waals surface area contributed by atoms with E-state index in [1.165, 1.54) is 6.07 Å². The van der Waals surface area contributed by atoms with Crippen LogP contribution in [0, 0.1) is 10.1 Å². The lowest BCUT2D eigenvalue weighted by molar-refractivity contribution is -0.385. The van der Waals surface area contributed by atoms with Crippen LogP contribution in [0.2, 0.25) is 5.02 Å². The summed E-state index contributed by atoms with van der Waals surface area (Å²) in [6.45, 7) is 1.09. The summed E-state index contributed by atoms with van der Waals surface area (Å²) in [5.74, 6) is 0.635. The fourth-order valence-electron chi connectivity index (χ4n) is 1.48. The van der Waals surface area contributed by atoms with Gasteiger partial charge in [-0.1, -0.05) is 11.6 Å². The van der Waals surface area contributed by atoms with Crippen molar-refractivity contribution in [3.8, 4) is 0 Å². The molecule has 1 unspecified atom stereocenters. The Labute approximate surface area is 113 Å². The first kappa shape index (κ1) is 15.1. The van der Waals surface area contributed by atoms with Gasteiger partial charge in [-0.2, -0.15) is 0 Å². The Morgan fingerprint density at radius 1 is 1.50 bits per heavy atom. The summed E-state index contributed by atoms with van der Waals surface area (Å²) in [5, 5.41) is 14.3. The minimum Gasteiger partial charge on any atom is -0.312 e. The van der Waals surface area contributed by atoms with Crippen LogP contribution in [0.4, 0.5) is 5.69 Å². The molecule has 1 aromatic carbocycles. The van der Waals surface area contributed by atoms with Crippen molar-refractivity contribution in [3.05, 3.63) is 38.9 Å². The van der Waals surface area contributed by atoms with E-state index in [1.807, 2.05) is 0 Å². The van der Waals surface area contributed by atoms with Crippen molar-refractivity contribution in [2.45, 2.75) is 13.0 Å². The van der Waals surface area contributed by atoms with Gasteiger partial charge in [-0.05, 0) is 25.1 Å². The summed E-state index contributed by atoms with van der Waals surface area (Å²) in [6, 6.07) is 4.62. The summed E-state index contributed by atoms with van der Waals surface area (Å²) in [5.41, 5.74) is 0.621. The molecule has 100 valence electrons. The Balaban J connectivity index is 2.51. The van der Waals surface area contributed by atoms with E-state index < -0.39 is 15.7 Å². The Kier molecular flexibility index (Phi) is 6.24. The van der Waals surface area contributed by atoms with Gasteiger partial charge in [0.1, 0.15) is 0 Å². The average Bonchev–Trinajstić information content (AvgIpc) is 2.29. The van der Waals surface area contributed by atoms with Gasteiger partial charge in [-0.25, -0.2) is 0 Å². The molecule has 0 aliphatic carbocycles. The number of nitrogens with one attached hydrogen (secondary N) is 1. The molecular formula is C11H15ClN2O3S. The molecule has 0 aromatic heterocycles. The van der Waals surface area contributed by atoms with Crippen molar-refractivity contribution in [1.82, 2.24) is 5.32 Å². The summed E-state index contributed by atoms with van der Waals surface area (Å²) >= 11 is 5.72. The van der Waals surface area contributed by atoms with Crippen molar-refractivity contribution < 1.29 is 9.13 Å². The van der Waals surface area contributed by atoms with Gasteiger partial charge >= 0.3 is 0 Å². The summed E-state index contributed by atoms with van der Waals surface area (Å²) in [4.78, 5) is 10.4. The van der Waals surface area contributed by atoms with E-state index in [0.717, 1.165) is 6.42 Å². The van der Waals surface area contributed by atoms with Crippen LogP contribution in [0.1, 0.15) is 12.0 Å². The highest BCUT2D eigenvalue weighted by Gasteiger charge is 2.13. The lowest BCUT2D eigenvalue weighted by Crippen LogP contribution is -2.17. The van der Waals surface area contributed by atoms with Gasteiger partial charge in [-0.15, -0.1) is 0 Å². The highest BCUT2D eigenvalue weighted by molar-refractivity contribution is 7.84. The first-order valence-electron chi connectivity index (χ1n) is 5.44. The number of benzene rings is 1. The maximum atomic E-state index is 10.8. The number of halogens is 1. The SMILES string of the molecule is CS(=O)CCCNCc1ccc(Cl)cc1[N+](=O)[O-]. The fraction of sp³-hybridized carbons (Fsp3) is 0.455. The number of hydrogen-bond donors (Lipinski definition) is 1. The van der Waals surface area contributed by atoms with Crippen molar-refractivity contribution in [2.24, 2.45) is 0 Å². The highest BCUT2D eigenvalue weighted by atomic mass is 35.5. The number of hydrogen-bond acceptors (Lipinski definition) is 4. The van der Waals surface area contributed by atoms with Crippen molar-refractivity contribution in [3.63, 3.8) is 0 Å². The van der Waals surface area contributed by atoms with E-state index in [1.54, 1.807) is 18.4 Å². The second kappa shape index (κ2) is 7.45. The Bertz CT molecular complexity index is 454. The van der Waals surface area contributed by atoms with Gasteiger partial charge in [0.2, 0.25) is 0 Å². The Morgan fingerprint density at radius 3 is 2.83 bits per heavy atom. The number of nitro benzene ring substituents is 1. The zero-order valence-electron chi connectivity index (χ0n) is 10.0. The van der Waals surface area contributed by atoms with Gasteiger partial charge in [0, 0.05) is 46.0 Å². The topological polar surface area (TPSA) is 72.2 Å². The van der Waals surface area contributed by atoms with E-state index in [4.69, 9.17) is 11.6 Å². The van der Waals surface area contributed by atoms with Gasteiger partial charge in [0.15, 0.2) is 0 Å². The molecule has 0 saturated heterocycles. The van der Waals surface area contributed by atoms with Crippen LogP contribution in [0.25, 0.3) is 0 Å². The van der Waals surface area contributed by atoms with Crippen LogP contribution in [0.3, 0.4) is 0 Å². The third-order valence-corrected chi connectivity index (χ3v) is 3.44. The largest absolute Gasteiger partial charge is 0.312 e. The Hall–Kier alpha value is -0.980. The standard InChI is InChI=1S/C11H15ClN2O3S/c1-18(17)6-2-5-13-8-9-3-4-10(12)7-11(9)14(15)16/h3-4,7,13H,2,5-6,8H2,1H3. The van der Waals surface area contributed by atoms with Crippen LogP contribution < -0.4 is 5.32 Å². The van der Waals surface area contributed by atoms with Crippen LogP contribution in [0.15, 0.2) is 18.2 Å². The molecule has 0 bridgehead atoms. The predicted octanol–water partition coefficient (Wildman–Crippen LogP) is 2.11. The summed E-state index contributed by atoms with van der Waals surface area (Å²) < 4.78 is 10.8. The van der Waals surface area contributed by atoms with E-state index in [-0.39, 0.29) is 5.69 Å². The molecule has 5 nitrogen and oxygen atoms in total. The smallest absolute Gasteiger partial charge is 0.275 e. The van der Waals surface area contributed by atoms with Crippen molar-refractivity contribution in [1.29, 1.82) is 0 Å². The number of rotatable bonds is 7. The number of nitrogens with zero attached hydrogens (tertiary/aromatic N) is 1. The lowest BCUT2D eigenvalue weighted by Gasteiger charge is -2.05. The quantitative estimate of drug-likeness (QED) is 0.474. The molecular weight excluding hydrogens is 276 g/mol. The summed E-state index contributed by atoms with van der Waals surface area (Å²) in [7, 11) is -0.794. The second-order valence-corrected chi connectivity index (χ2v) is 5.83. The van der Waals surface area contributed by atoms with E-state index in [9.17, 15) is 14.3 Å². The van der Waals surface area contributed by atoms with Gasteiger partial charge in [0.25, 0.3) is 5.69 Å². The zero-order chi connectivity index (χ0) is 13.5. The minimum atomic E-state index is -0.794. The molecule has 0 spiro atoms. The fourth-order valence-corrected chi connectivity index (χ4v) is 2.20. The molecule has 0 aliphatic rings. The maximum Gasteiger partial charge on any atom is 0.275 e. The molecule has 0 saturated carbocycles. The summed E-state index contributed by atoms with van der Waals surface area (Å²) in [6.07, 6.45) is 2.44. The molecule has 1 atom stereocenters. The molecule has 0 radical (unpaired) electrons. The highest BCUT2D eigenvalue weighted by Crippen LogP contribution is 2.22. The predicted molar refractivity (Wildman–Crippen MR) is 73.4 cm³/mol. The van der Waals surface area contributed by atoms with Gasteiger partial charge in [0.05, 0.1) is 4.92 Å². The first-order valence-corrected chi connectivity index (χ1v) is 7.55. The molecule has 7 heteroatoms. The van der Waals surface area contributed by atoms with Crippen molar-refractivity contribution in [2.75, 3.05) is 18.6 Å².